The van der Waals surface area contributed by atoms with Gasteiger partial charge in [-0.25, -0.2) is 0 Å². The molecular weight excluding hydrogens is 300 g/mol. The third-order valence-electron chi connectivity index (χ3n) is 4.24. The summed E-state index contributed by atoms with van der Waals surface area (Å²) in [6.07, 6.45) is 0.576. The Morgan fingerprint density at radius 2 is 1.67 bits per heavy atom. The first-order chi connectivity index (χ1) is 11.3. The number of hydrogen-bond acceptors (Lipinski definition) is 3. The molecular formula is C20H34N2O2. The largest absolute Gasteiger partial charge is 0.369 e. The summed E-state index contributed by atoms with van der Waals surface area (Å²) >= 11 is 0. The van der Waals surface area contributed by atoms with E-state index in [0.717, 1.165) is 18.5 Å². The summed E-state index contributed by atoms with van der Waals surface area (Å²) in [5, 5.41) is 2.94. The van der Waals surface area contributed by atoms with Crippen molar-refractivity contribution >= 4 is 5.91 Å². The van der Waals surface area contributed by atoms with Crippen LogP contribution in [0, 0.1) is 5.92 Å². The molecule has 1 aromatic carbocycles. The van der Waals surface area contributed by atoms with Crippen LogP contribution in [0.3, 0.4) is 0 Å². The molecule has 1 aromatic rings. The molecule has 136 valence electrons. The molecule has 0 heterocycles. The van der Waals surface area contributed by atoms with E-state index < -0.39 is 6.10 Å². The molecule has 0 aromatic heterocycles. The van der Waals surface area contributed by atoms with Crippen molar-refractivity contribution in [1.29, 1.82) is 0 Å². The van der Waals surface area contributed by atoms with Gasteiger partial charge in [0.05, 0.1) is 0 Å². The predicted molar refractivity (Wildman–Crippen MR) is 99.8 cm³/mol. The van der Waals surface area contributed by atoms with Crippen LogP contribution in [0.4, 0.5) is 0 Å². The van der Waals surface area contributed by atoms with Gasteiger partial charge in [0.1, 0.15) is 6.10 Å². The minimum Gasteiger partial charge on any atom is -0.369 e. The lowest BCUT2D eigenvalue weighted by Crippen LogP contribution is -2.34. The Morgan fingerprint density at radius 3 is 2.21 bits per heavy atom. The normalized spacial score (nSPS) is 12.9. The van der Waals surface area contributed by atoms with Crippen molar-refractivity contribution in [2.24, 2.45) is 5.92 Å². The van der Waals surface area contributed by atoms with E-state index in [4.69, 9.17) is 4.74 Å². The Bertz CT molecular complexity index is 483. The number of ether oxygens (including phenoxy) is 1. The maximum Gasteiger partial charge on any atom is 0.249 e. The number of carbonyl (C=O) groups excluding carboxylic acids is 1. The summed E-state index contributed by atoms with van der Waals surface area (Å²) in [5.41, 5.74) is 2.39. The monoisotopic (exact) mass is 334 g/mol. The number of benzene rings is 1. The van der Waals surface area contributed by atoms with Gasteiger partial charge < -0.3 is 10.1 Å². The lowest BCUT2D eigenvalue weighted by atomic mass is 10.1. The van der Waals surface area contributed by atoms with Crippen molar-refractivity contribution in [3.63, 3.8) is 0 Å². The van der Waals surface area contributed by atoms with Crippen LogP contribution in [-0.4, -0.2) is 36.6 Å². The second kappa shape index (κ2) is 10.5. The van der Waals surface area contributed by atoms with Crippen LogP contribution in [0.5, 0.6) is 0 Å². The highest BCUT2D eigenvalue weighted by atomic mass is 16.5. The molecule has 0 radical (unpaired) electrons. The van der Waals surface area contributed by atoms with E-state index in [0.29, 0.717) is 25.1 Å². The zero-order chi connectivity index (χ0) is 18.1. The molecule has 0 saturated carbocycles. The molecule has 1 unspecified atom stereocenters. The van der Waals surface area contributed by atoms with Crippen molar-refractivity contribution in [1.82, 2.24) is 10.2 Å². The molecule has 1 amide bonds. The smallest absolute Gasteiger partial charge is 0.249 e. The summed E-state index contributed by atoms with van der Waals surface area (Å²) in [6.45, 7) is 12.6. The van der Waals surface area contributed by atoms with Gasteiger partial charge >= 0.3 is 0 Å². The molecule has 24 heavy (non-hydrogen) atoms. The number of nitrogens with one attached hydrogen (secondary N) is 1. The third kappa shape index (κ3) is 7.93. The Morgan fingerprint density at radius 1 is 1.08 bits per heavy atom. The highest BCUT2D eigenvalue weighted by Crippen LogP contribution is 2.09. The standard InChI is InChI=1S/C20H34N2O2/c1-15(2)11-12-24-17(5)20(23)21-13-18-7-9-19(10-8-18)14-22(6)16(3)4/h7-10,15-17H,11-14H2,1-6H3,(H,21,23). The van der Waals surface area contributed by atoms with Crippen molar-refractivity contribution in [3.05, 3.63) is 35.4 Å². The molecule has 0 aliphatic heterocycles. The minimum atomic E-state index is -0.400. The summed E-state index contributed by atoms with van der Waals surface area (Å²) < 4.78 is 5.57. The molecule has 1 rings (SSSR count). The first kappa shape index (κ1) is 20.7. The van der Waals surface area contributed by atoms with Gasteiger partial charge in [0, 0.05) is 25.7 Å². The van der Waals surface area contributed by atoms with E-state index in [1.807, 2.05) is 0 Å². The van der Waals surface area contributed by atoms with E-state index >= 15 is 0 Å². The molecule has 1 N–H and O–H groups in total. The molecule has 4 heteroatoms. The maximum atomic E-state index is 12.0. The summed E-state index contributed by atoms with van der Waals surface area (Å²) in [4.78, 5) is 14.3. The minimum absolute atomic E-state index is 0.0534. The maximum absolute atomic E-state index is 12.0. The topological polar surface area (TPSA) is 41.6 Å². The van der Waals surface area contributed by atoms with Crippen LogP contribution in [0.25, 0.3) is 0 Å². The lowest BCUT2D eigenvalue weighted by Gasteiger charge is -2.21. The number of amides is 1. The second-order valence-corrected chi connectivity index (χ2v) is 7.24. The van der Waals surface area contributed by atoms with Crippen LogP contribution in [-0.2, 0) is 22.6 Å². The predicted octanol–water partition coefficient (Wildman–Crippen LogP) is 3.59. The van der Waals surface area contributed by atoms with Crippen molar-refractivity contribution < 1.29 is 9.53 Å². The Balaban J connectivity index is 2.37. The SMILES string of the molecule is CC(C)CCOC(C)C(=O)NCc1ccc(CN(C)C(C)C)cc1. The zero-order valence-electron chi connectivity index (χ0n) is 16.1. The second-order valence-electron chi connectivity index (χ2n) is 7.24. The van der Waals surface area contributed by atoms with Crippen LogP contribution in [0.1, 0.15) is 52.2 Å². The van der Waals surface area contributed by atoms with Crippen LogP contribution < -0.4 is 5.32 Å². The molecule has 0 aliphatic carbocycles. The lowest BCUT2D eigenvalue weighted by molar-refractivity contribution is -0.132. The fraction of sp³-hybridized carbons (Fsp3) is 0.650. The number of carbonyl (C=O) groups is 1. The first-order valence-corrected chi connectivity index (χ1v) is 8.97. The quantitative estimate of drug-likeness (QED) is 0.711. The summed E-state index contributed by atoms with van der Waals surface area (Å²) in [5.74, 6) is 0.538. The van der Waals surface area contributed by atoms with Gasteiger partial charge in [-0.1, -0.05) is 38.1 Å². The van der Waals surface area contributed by atoms with E-state index in [2.05, 4.69) is 69.2 Å². The number of nitrogens with zero attached hydrogens (tertiary/aromatic N) is 1. The van der Waals surface area contributed by atoms with E-state index in [1.165, 1.54) is 5.56 Å². The van der Waals surface area contributed by atoms with Gasteiger partial charge in [0.2, 0.25) is 5.91 Å². The average molecular weight is 335 g/mol. The fourth-order valence-electron chi connectivity index (χ4n) is 2.12. The number of hydrogen-bond donors (Lipinski definition) is 1. The third-order valence-corrected chi connectivity index (χ3v) is 4.24. The van der Waals surface area contributed by atoms with E-state index in [-0.39, 0.29) is 5.91 Å². The van der Waals surface area contributed by atoms with Gasteiger partial charge in [-0.3, -0.25) is 9.69 Å². The Kier molecular flexibility index (Phi) is 9.01. The zero-order valence-corrected chi connectivity index (χ0v) is 16.1. The number of rotatable bonds is 10. The van der Waals surface area contributed by atoms with Crippen LogP contribution >= 0.6 is 0 Å². The molecule has 0 saturated heterocycles. The Labute approximate surface area is 147 Å². The van der Waals surface area contributed by atoms with Crippen molar-refractivity contribution in [2.75, 3.05) is 13.7 Å². The van der Waals surface area contributed by atoms with Crippen molar-refractivity contribution in [3.8, 4) is 0 Å². The molecule has 1 atom stereocenters. The molecule has 0 fully saturated rings. The fourth-order valence-corrected chi connectivity index (χ4v) is 2.12. The van der Waals surface area contributed by atoms with Gasteiger partial charge in [-0.15, -0.1) is 0 Å². The Hall–Kier alpha value is -1.39. The molecule has 0 spiro atoms. The van der Waals surface area contributed by atoms with Gasteiger partial charge in [0.25, 0.3) is 0 Å². The van der Waals surface area contributed by atoms with Crippen LogP contribution in [0.2, 0.25) is 0 Å². The van der Waals surface area contributed by atoms with Gasteiger partial charge in [-0.05, 0) is 51.3 Å². The van der Waals surface area contributed by atoms with E-state index in [9.17, 15) is 4.79 Å². The molecule has 4 nitrogen and oxygen atoms in total. The average Bonchev–Trinajstić information content (AvgIpc) is 2.53. The highest BCUT2D eigenvalue weighted by molar-refractivity contribution is 5.80. The molecule has 0 bridgehead atoms. The summed E-state index contributed by atoms with van der Waals surface area (Å²) in [6, 6.07) is 8.94. The van der Waals surface area contributed by atoms with E-state index in [1.54, 1.807) is 6.92 Å². The summed E-state index contributed by atoms with van der Waals surface area (Å²) in [7, 11) is 2.12. The first-order valence-electron chi connectivity index (χ1n) is 8.97. The van der Waals surface area contributed by atoms with Crippen molar-refractivity contribution in [2.45, 2.75) is 66.3 Å². The molecule has 0 aliphatic rings. The van der Waals surface area contributed by atoms with Gasteiger partial charge in [0.15, 0.2) is 0 Å². The highest BCUT2D eigenvalue weighted by Gasteiger charge is 2.13. The van der Waals surface area contributed by atoms with Gasteiger partial charge in [-0.2, -0.15) is 0 Å². The van der Waals surface area contributed by atoms with Crippen LogP contribution in [0.15, 0.2) is 24.3 Å².